The normalized spacial score (nSPS) is 22.6. The fourth-order valence-electron chi connectivity index (χ4n) is 5.11. The number of fused-ring (bicyclic) bond motifs is 4. The van der Waals surface area contributed by atoms with Gasteiger partial charge in [0.2, 0.25) is 0 Å². The summed E-state index contributed by atoms with van der Waals surface area (Å²) < 4.78 is 3.29. The van der Waals surface area contributed by atoms with Crippen LogP contribution in [0.2, 0.25) is 0 Å². The molecule has 1 atom stereocenters. The SMILES string of the molecule is O=C(N[C@H]1CN2CCC1CC2)c1cc2cccc(-c3cccc(-n4cccc4)c3)c2s1. The molecular formula is C26H25N3OS. The molecule has 3 saturated heterocycles. The number of aromatic nitrogens is 1. The molecule has 4 nitrogen and oxygen atoms in total. The van der Waals surface area contributed by atoms with Crippen LogP contribution < -0.4 is 5.32 Å². The van der Waals surface area contributed by atoms with E-state index >= 15 is 0 Å². The Kier molecular flexibility index (Phi) is 4.66. The van der Waals surface area contributed by atoms with Crippen molar-refractivity contribution in [3.8, 4) is 16.8 Å². The number of rotatable bonds is 4. The van der Waals surface area contributed by atoms with Crippen molar-refractivity contribution < 1.29 is 4.79 Å². The van der Waals surface area contributed by atoms with Crippen LogP contribution >= 0.6 is 11.3 Å². The second kappa shape index (κ2) is 7.66. The molecule has 2 aromatic carbocycles. The minimum atomic E-state index is 0.0759. The number of carbonyl (C=O) groups is 1. The first-order chi connectivity index (χ1) is 15.2. The van der Waals surface area contributed by atoms with Gasteiger partial charge in [0.05, 0.1) is 4.88 Å². The zero-order chi connectivity index (χ0) is 20.8. The molecule has 0 spiro atoms. The minimum Gasteiger partial charge on any atom is -0.347 e. The van der Waals surface area contributed by atoms with E-state index in [1.165, 1.54) is 41.8 Å². The third-order valence-electron chi connectivity index (χ3n) is 6.80. The van der Waals surface area contributed by atoms with Gasteiger partial charge in [0.1, 0.15) is 0 Å². The predicted molar refractivity (Wildman–Crippen MR) is 127 cm³/mol. The van der Waals surface area contributed by atoms with Crippen molar-refractivity contribution in [2.24, 2.45) is 5.92 Å². The summed E-state index contributed by atoms with van der Waals surface area (Å²) >= 11 is 1.61. The van der Waals surface area contributed by atoms with Gasteiger partial charge in [-0.2, -0.15) is 0 Å². The summed E-state index contributed by atoms with van der Waals surface area (Å²) in [7, 11) is 0. The zero-order valence-corrected chi connectivity index (χ0v) is 18.1. The van der Waals surface area contributed by atoms with Crippen LogP contribution in [0, 0.1) is 5.92 Å². The summed E-state index contributed by atoms with van der Waals surface area (Å²) in [6, 6.07) is 21.3. The molecule has 1 N–H and O–H groups in total. The first-order valence-corrected chi connectivity index (χ1v) is 11.9. The number of benzene rings is 2. The maximum atomic E-state index is 13.1. The molecule has 3 aliphatic heterocycles. The summed E-state index contributed by atoms with van der Waals surface area (Å²) in [6.07, 6.45) is 6.53. The molecule has 2 aromatic heterocycles. The number of nitrogens with zero attached hydrogens (tertiary/aromatic N) is 2. The minimum absolute atomic E-state index is 0.0759. The molecule has 5 heteroatoms. The fourth-order valence-corrected chi connectivity index (χ4v) is 6.21. The lowest BCUT2D eigenvalue weighted by atomic mass is 9.84. The van der Waals surface area contributed by atoms with Crippen LogP contribution in [-0.2, 0) is 0 Å². The molecule has 1 amide bonds. The molecule has 156 valence electrons. The maximum absolute atomic E-state index is 13.1. The number of thiophene rings is 1. The summed E-state index contributed by atoms with van der Waals surface area (Å²) in [5.74, 6) is 0.710. The summed E-state index contributed by atoms with van der Waals surface area (Å²) in [5.41, 5.74) is 3.48. The molecular weight excluding hydrogens is 402 g/mol. The van der Waals surface area contributed by atoms with E-state index in [0.29, 0.717) is 5.92 Å². The maximum Gasteiger partial charge on any atom is 0.261 e. The van der Waals surface area contributed by atoms with Crippen molar-refractivity contribution in [3.05, 3.63) is 77.9 Å². The second-order valence-electron chi connectivity index (χ2n) is 8.69. The van der Waals surface area contributed by atoms with Crippen LogP contribution in [0.5, 0.6) is 0 Å². The van der Waals surface area contributed by atoms with Crippen LogP contribution in [0.3, 0.4) is 0 Å². The van der Waals surface area contributed by atoms with Gasteiger partial charge in [-0.3, -0.25) is 4.79 Å². The van der Waals surface area contributed by atoms with Gasteiger partial charge >= 0.3 is 0 Å². The highest BCUT2D eigenvalue weighted by Crippen LogP contribution is 2.36. The Bertz CT molecular complexity index is 1230. The van der Waals surface area contributed by atoms with E-state index in [1.807, 2.05) is 12.1 Å². The Balaban J connectivity index is 1.31. The van der Waals surface area contributed by atoms with Gasteiger partial charge in [0, 0.05) is 35.4 Å². The van der Waals surface area contributed by atoms with Gasteiger partial charge in [-0.25, -0.2) is 0 Å². The van der Waals surface area contributed by atoms with E-state index in [0.717, 1.165) is 22.5 Å². The first kappa shape index (κ1) is 18.8. The van der Waals surface area contributed by atoms with Gasteiger partial charge in [0.15, 0.2) is 0 Å². The number of carbonyl (C=O) groups excluding carboxylic acids is 1. The molecule has 2 bridgehead atoms. The molecule has 31 heavy (non-hydrogen) atoms. The monoisotopic (exact) mass is 427 g/mol. The van der Waals surface area contributed by atoms with Gasteiger partial charge in [-0.1, -0.05) is 30.3 Å². The van der Waals surface area contributed by atoms with Crippen LogP contribution in [0.15, 0.2) is 73.1 Å². The third kappa shape index (κ3) is 3.48. The van der Waals surface area contributed by atoms with E-state index in [4.69, 9.17) is 0 Å². The molecule has 0 unspecified atom stereocenters. The molecule has 0 radical (unpaired) electrons. The molecule has 3 fully saturated rings. The molecule has 4 aromatic rings. The highest BCUT2D eigenvalue weighted by Gasteiger charge is 2.35. The second-order valence-corrected chi connectivity index (χ2v) is 9.75. The molecule has 5 heterocycles. The molecule has 0 saturated carbocycles. The molecule has 0 aliphatic carbocycles. The highest BCUT2D eigenvalue weighted by molar-refractivity contribution is 7.21. The number of amides is 1. The van der Waals surface area contributed by atoms with E-state index in [2.05, 4.69) is 75.7 Å². The molecule has 3 aliphatic rings. The average molecular weight is 428 g/mol. The number of piperidine rings is 3. The Morgan fingerprint density at radius 2 is 1.77 bits per heavy atom. The van der Waals surface area contributed by atoms with Crippen molar-refractivity contribution in [2.75, 3.05) is 19.6 Å². The van der Waals surface area contributed by atoms with Crippen molar-refractivity contribution in [1.82, 2.24) is 14.8 Å². The third-order valence-corrected chi connectivity index (χ3v) is 7.98. The van der Waals surface area contributed by atoms with E-state index in [1.54, 1.807) is 11.3 Å². The van der Waals surface area contributed by atoms with Gasteiger partial charge in [-0.05, 0) is 78.7 Å². The predicted octanol–water partition coefficient (Wildman–Crippen LogP) is 5.18. The summed E-state index contributed by atoms with van der Waals surface area (Å²) in [4.78, 5) is 16.4. The number of hydrogen-bond acceptors (Lipinski definition) is 3. The Hall–Kier alpha value is -2.89. The van der Waals surface area contributed by atoms with E-state index < -0.39 is 0 Å². The average Bonchev–Trinajstić information content (AvgIpc) is 3.50. The van der Waals surface area contributed by atoms with E-state index in [-0.39, 0.29) is 11.9 Å². The van der Waals surface area contributed by atoms with Gasteiger partial charge in [0.25, 0.3) is 5.91 Å². The first-order valence-electron chi connectivity index (χ1n) is 11.0. The topological polar surface area (TPSA) is 37.3 Å². The lowest BCUT2D eigenvalue weighted by molar-refractivity contribution is 0.0622. The van der Waals surface area contributed by atoms with Crippen LogP contribution in [0.25, 0.3) is 26.9 Å². The van der Waals surface area contributed by atoms with E-state index in [9.17, 15) is 4.79 Å². The van der Waals surface area contributed by atoms with Crippen molar-refractivity contribution in [1.29, 1.82) is 0 Å². The number of nitrogens with one attached hydrogen (secondary N) is 1. The lowest BCUT2D eigenvalue weighted by Crippen LogP contribution is -2.57. The highest BCUT2D eigenvalue weighted by atomic mass is 32.1. The molecule has 7 rings (SSSR count). The van der Waals surface area contributed by atoms with Crippen molar-refractivity contribution in [2.45, 2.75) is 18.9 Å². The van der Waals surface area contributed by atoms with Gasteiger partial charge in [-0.15, -0.1) is 11.3 Å². The lowest BCUT2D eigenvalue weighted by Gasteiger charge is -2.44. The van der Waals surface area contributed by atoms with Crippen molar-refractivity contribution >= 4 is 27.3 Å². The number of hydrogen-bond donors (Lipinski definition) is 1. The quantitative estimate of drug-likeness (QED) is 0.487. The Morgan fingerprint density at radius 1 is 0.968 bits per heavy atom. The summed E-state index contributed by atoms with van der Waals surface area (Å²) in [6.45, 7) is 3.37. The van der Waals surface area contributed by atoms with Crippen molar-refractivity contribution in [3.63, 3.8) is 0 Å². The summed E-state index contributed by atoms with van der Waals surface area (Å²) in [5, 5.41) is 4.47. The van der Waals surface area contributed by atoms with Crippen LogP contribution in [0.1, 0.15) is 22.5 Å². The Labute approximate surface area is 186 Å². The standard InChI is InChI=1S/C26H25N3OS/c30-26(27-23-17-28-13-9-18(23)10-14-28)24-16-20-6-4-8-22(25(20)31-24)19-5-3-7-21(15-19)29-11-1-2-12-29/h1-8,11-12,15-16,18,23H,9-10,13-14,17H2,(H,27,30)/t23-/m0/s1. The Morgan fingerprint density at radius 3 is 2.55 bits per heavy atom. The van der Waals surface area contributed by atoms with Crippen LogP contribution in [-0.4, -0.2) is 41.1 Å². The smallest absolute Gasteiger partial charge is 0.261 e. The van der Waals surface area contributed by atoms with Gasteiger partial charge < -0.3 is 14.8 Å². The van der Waals surface area contributed by atoms with Crippen LogP contribution in [0.4, 0.5) is 0 Å². The zero-order valence-electron chi connectivity index (χ0n) is 17.3. The fraction of sp³-hybridized carbons (Fsp3) is 0.269. The largest absolute Gasteiger partial charge is 0.347 e.